The van der Waals surface area contributed by atoms with Gasteiger partial charge < -0.3 is 14.7 Å². The molecule has 3 rings (SSSR count). The molecule has 1 aliphatic rings. The van der Waals surface area contributed by atoms with E-state index in [0.717, 1.165) is 0 Å². The summed E-state index contributed by atoms with van der Waals surface area (Å²) in [6, 6.07) is 8.99. The zero-order valence-electron chi connectivity index (χ0n) is 17.8. The number of hydrazine groups is 1. The molecule has 3 amide bonds. The lowest BCUT2D eigenvalue weighted by Crippen LogP contribution is -2.50. The zero-order valence-corrected chi connectivity index (χ0v) is 17.8. The van der Waals surface area contributed by atoms with Crippen LogP contribution in [-0.4, -0.2) is 56.4 Å². The van der Waals surface area contributed by atoms with Crippen molar-refractivity contribution >= 4 is 17.9 Å². The first-order valence-electron chi connectivity index (χ1n) is 10.1. The SMILES string of the molecule is CC(C)(C)OC(=O)N1CCC[C@H](C(=O)NNC(=O)c2nn(-c3ccccc3)cc2O)C1. The van der Waals surface area contributed by atoms with E-state index in [1.54, 1.807) is 45.0 Å². The molecule has 3 N–H and O–H groups in total. The van der Waals surface area contributed by atoms with E-state index in [4.69, 9.17) is 4.74 Å². The van der Waals surface area contributed by atoms with E-state index in [1.165, 1.54) is 15.8 Å². The number of carbonyl (C=O) groups excluding carboxylic acids is 3. The highest BCUT2D eigenvalue weighted by Gasteiger charge is 2.31. The lowest BCUT2D eigenvalue weighted by molar-refractivity contribution is -0.127. The minimum absolute atomic E-state index is 0.199. The number of benzene rings is 1. The number of ether oxygens (including phenoxy) is 1. The molecule has 0 bridgehead atoms. The van der Waals surface area contributed by atoms with Crippen LogP contribution in [0.1, 0.15) is 44.1 Å². The Labute approximate surface area is 180 Å². The van der Waals surface area contributed by atoms with E-state index in [0.29, 0.717) is 25.1 Å². The molecule has 2 aromatic rings. The highest BCUT2D eigenvalue weighted by molar-refractivity contribution is 5.96. The largest absolute Gasteiger partial charge is 0.504 e. The van der Waals surface area contributed by atoms with Crippen molar-refractivity contribution in [3.05, 3.63) is 42.2 Å². The minimum Gasteiger partial charge on any atom is -0.504 e. The maximum absolute atomic E-state index is 12.5. The number of rotatable bonds is 3. The first-order chi connectivity index (χ1) is 14.6. The summed E-state index contributed by atoms with van der Waals surface area (Å²) < 4.78 is 6.73. The minimum atomic E-state index is -0.750. The summed E-state index contributed by atoms with van der Waals surface area (Å²) in [5.41, 5.74) is 4.46. The number of nitrogens with one attached hydrogen (secondary N) is 2. The molecule has 10 heteroatoms. The number of para-hydroxylation sites is 1. The second-order valence-corrected chi connectivity index (χ2v) is 8.35. The van der Waals surface area contributed by atoms with E-state index in [2.05, 4.69) is 16.0 Å². The fourth-order valence-electron chi connectivity index (χ4n) is 3.20. The Balaban J connectivity index is 1.56. The summed E-state index contributed by atoms with van der Waals surface area (Å²) in [7, 11) is 0. The van der Waals surface area contributed by atoms with Crippen LogP contribution in [0.3, 0.4) is 0 Å². The van der Waals surface area contributed by atoms with Crippen LogP contribution >= 0.6 is 0 Å². The number of hydrogen-bond donors (Lipinski definition) is 3. The van der Waals surface area contributed by atoms with Crippen LogP contribution in [0.4, 0.5) is 4.79 Å². The molecule has 1 aromatic carbocycles. The molecule has 31 heavy (non-hydrogen) atoms. The molecule has 1 aromatic heterocycles. The monoisotopic (exact) mass is 429 g/mol. The Kier molecular flexibility index (Phi) is 6.47. The van der Waals surface area contributed by atoms with Crippen molar-refractivity contribution < 1.29 is 24.2 Å². The Hall–Kier alpha value is -3.56. The Morgan fingerprint density at radius 3 is 2.55 bits per heavy atom. The number of aromatic hydroxyl groups is 1. The zero-order chi connectivity index (χ0) is 22.6. The van der Waals surface area contributed by atoms with Gasteiger partial charge in [-0.25, -0.2) is 9.48 Å². The lowest BCUT2D eigenvalue weighted by atomic mass is 9.98. The van der Waals surface area contributed by atoms with Crippen LogP contribution in [0.2, 0.25) is 0 Å². The topological polar surface area (TPSA) is 126 Å². The van der Waals surface area contributed by atoms with Crippen molar-refractivity contribution in [1.82, 2.24) is 25.5 Å². The van der Waals surface area contributed by atoms with Crippen molar-refractivity contribution in [3.63, 3.8) is 0 Å². The van der Waals surface area contributed by atoms with Crippen LogP contribution < -0.4 is 10.9 Å². The standard InChI is InChI=1S/C21H27N5O5/c1-21(2,3)31-20(30)25-11-7-8-14(12-25)18(28)22-23-19(29)17-16(27)13-26(24-17)15-9-5-4-6-10-15/h4-6,9-10,13-14,27H,7-8,11-12H2,1-3H3,(H,22,28)(H,23,29)/t14-/m0/s1. The Bertz CT molecular complexity index is 951. The average Bonchev–Trinajstić information content (AvgIpc) is 3.13. The van der Waals surface area contributed by atoms with Crippen LogP contribution in [-0.2, 0) is 9.53 Å². The normalized spacial score (nSPS) is 16.5. The third kappa shape index (κ3) is 5.74. The molecule has 1 saturated heterocycles. The van der Waals surface area contributed by atoms with Crippen molar-refractivity contribution in [1.29, 1.82) is 0 Å². The van der Waals surface area contributed by atoms with Crippen molar-refractivity contribution in [2.24, 2.45) is 5.92 Å². The highest BCUT2D eigenvalue weighted by atomic mass is 16.6. The van der Waals surface area contributed by atoms with Crippen LogP contribution in [0, 0.1) is 5.92 Å². The number of piperidine rings is 1. The summed E-state index contributed by atoms with van der Waals surface area (Å²) in [6.07, 6.45) is 2.07. The predicted molar refractivity (Wildman–Crippen MR) is 111 cm³/mol. The summed E-state index contributed by atoms with van der Waals surface area (Å²) in [4.78, 5) is 38.6. The third-order valence-electron chi connectivity index (χ3n) is 4.67. The molecule has 1 atom stereocenters. The Morgan fingerprint density at radius 2 is 1.87 bits per heavy atom. The van der Waals surface area contributed by atoms with E-state index < -0.39 is 29.4 Å². The molecule has 0 aliphatic carbocycles. The van der Waals surface area contributed by atoms with Gasteiger partial charge >= 0.3 is 6.09 Å². The number of nitrogens with zero attached hydrogens (tertiary/aromatic N) is 3. The summed E-state index contributed by atoms with van der Waals surface area (Å²) in [6.45, 7) is 6.05. The van der Waals surface area contributed by atoms with Crippen LogP contribution in [0.5, 0.6) is 5.75 Å². The van der Waals surface area contributed by atoms with Gasteiger partial charge in [-0.3, -0.25) is 20.4 Å². The first-order valence-corrected chi connectivity index (χ1v) is 10.1. The molecule has 0 saturated carbocycles. The van der Waals surface area contributed by atoms with Gasteiger partial charge in [0.1, 0.15) is 5.60 Å². The number of carbonyl (C=O) groups is 3. The van der Waals surface area contributed by atoms with Crippen LogP contribution in [0.15, 0.2) is 36.5 Å². The van der Waals surface area contributed by atoms with Crippen molar-refractivity contribution in [2.45, 2.75) is 39.2 Å². The molecule has 0 unspecified atom stereocenters. The number of hydrogen-bond acceptors (Lipinski definition) is 6. The van der Waals surface area contributed by atoms with Crippen LogP contribution in [0.25, 0.3) is 5.69 Å². The summed E-state index contributed by atoms with van der Waals surface area (Å²) in [5.74, 6) is -1.98. The molecule has 166 valence electrons. The summed E-state index contributed by atoms with van der Waals surface area (Å²) in [5, 5.41) is 14.1. The lowest BCUT2D eigenvalue weighted by Gasteiger charge is -2.33. The van der Waals surface area contributed by atoms with E-state index in [-0.39, 0.29) is 18.0 Å². The molecular formula is C21H27N5O5. The predicted octanol–water partition coefficient (Wildman–Crippen LogP) is 1.99. The molecule has 0 spiro atoms. The van der Waals surface area contributed by atoms with Gasteiger partial charge in [-0.1, -0.05) is 18.2 Å². The van der Waals surface area contributed by atoms with Gasteiger partial charge in [-0.05, 0) is 45.7 Å². The number of aromatic nitrogens is 2. The van der Waals surface area contributed by atoms with Gasteiger partial charge in [-0.15, -0.1) is 0 Å². The van der Waals surface area contributed by atoms with Gasteiger partial charge in [0, 0.05) is 13.1 Å². The number of likely N-dealkylation sites (tertiary alicyclic amines) is 1. The fraction of sp³-hybridized carbons (Fsp3) is 0.429. The molecule has 1 fully saturated rings. The van der Waals surface area contributed by atoms with E-state index in [1.807, 2.05) is 6.07 Å². The average molecular weight is 429 g/mol. The van der Waals surface area contributed by atoms with Gasteiger partial charge in [0.05, 0.1) is 17.8 Å². The van der Waals surface area contributed by atoms with Gasteiger partial charge in [0.2, 0.25) is 5.91 Å². The van der Waals surface area contributed by atoms with Gasteiger partial charge in [-0.2, -0.15) is 5.10 Å². The summed E-state index contributed by atoms with van der Waals surface area (Å²) >= 11 is 0. The van der Waals surface area contributed by atoms with Gasteiger partial charge in [0.15, 0.2) is 11.4 Å². The van der Waals surface area contributed by atoms with Crippen molar-refractivity contribution in [3.8, 4) is 11.4 Å². The maximum Gasteiger partial charge on any atom is 0.410 e. The third-order valence-corrected chi connectivity index (χ3v) is 4.67. The molecule has 2 heterocycles. The number of amides is 3. The fourth-order valence-corrected chi connectivity index (χ4v) is 3.20. The van der Waals surface area contributed by atoms with Gasteiger partial charge in [0.25, 0.3) is 5.91 Å². The smallest absolute Gasteiger partial charge is 0.410 e. The molecule has 0 radical (unpaired) electrons. The van der Waals surface area contributed by atoms with Crippen molar-refractivity contribution in [2.75, 3.05) is 13.1 Å². The first kappa shape index (κ1) is 22.1. The molecular weight excluding hydrogens is 402 g/mol. The molecule has 10 nitrogen and oxygen atoms in total. The second kappa shape index (κ2) is 9.07. The quantitative estimate of drug-likeness (QED) is 0.641. The van der Waals surface area contributed by atoms with E-state index in [9.17, 15) is 19.5 Å². The Morgan fingerprint density at radius 1 is 1.16 bits per heavy atom. The van der Waals surface area contributed by atoms with E-state index >= 15 is 0 Å². The maximum atomic E-state index is 12.5. The highest BCUT2D eigenvalue weighted by Crippen LogP contribution is 2.20. The second-order valence-electron chi connectivity index (χ2n) is 8.35. The molecule has 1 aliphatic heterocycles.